The highest BCUT2D eigenvalue weighted by molar-refractivity contribution is 6.60. The lowest BCUT2D eigenvalue weighted by molar-refractivity contribution is 0.123. The summed E-state index contributed by atoms with van der Waals surface area (Å²) in [4.78, 5) is 22.1. The first-order chi connectivity index (χ1) is 8.16. The van der Waals surface area contributed by atoms with Crippen LogP contribution in [0.15, 0.2) is 9.65 Å². The van der Waals surface area contributed by atoms with E-state index < -0.39 is 8.80 Å². The summed E-state index contributed by atoms with van der Waals surface area (Å²) < 4.78 is 18.6. The van der Waals surface area contributed by atoms with Crippen LogP contribution in [-0.2, 0) is 22.9 Å². The maximum absolute atomic E-state index is 9.76. The van der Waals surface area contributed by atoms with Gasteiger partial charge in [0, 0.05) is 27.4 Å². The van der Waals surface area contributed by atoms with Gasteiger partial charge in [-0.05, 0) is 6.42 Å². The number of nitrogens with zero attached hydrogens (tertiary/aromatic N) is 2. The second-order valence-electron chi connectivity index (χ2n) is 2.69. The summed E-state index contributed by atoms with van der Waals surface area (Å²) >= 11 is 0. The van der Waals surface area contributed by atoms with Crippen molar-refractivity contribution in [2.45, 2.75) is 12.5 Å². The lowest BCUT2D eigenvalue weighted by atomic mass is 10.5. The number of rotatable bonds is 7. The van der Waals surface area contributed by atoms with Gasteiger partial charge in [-0.25, -0.2) is 14.6 Å². The molecule has 0 aromatic rings. The molecule has 0 N–H and O–H groups in total. The Morgan fingerprint density at radius 3 is 1.88 bits per heavy atom. The first-order valence-corrected chi connectivity index (χ1v) is 7.64. The lowest BCUT2D eigenvalue weighted by Gasteiger charge is -2.23. The van der Waals surface area contributed by atoms with E-state index in [0.717, 1.165) is 0 Å². The van der Waals surface area contributed by atoms with Gasteiger partial charge < -0.3 is 13.3 Å². The first kappa shape index (κ1) is 18.4. The number of hydrogen-bond acceptors (Lipinski definition) is 7. The van der Waals surface area contributed by atoms with E-state index in [-0.39, 0.29) is 0 Å². The Bertz CT molecular complexity index is 265. The molecule has 98 valence electrons. The second kappa shape index (κ2) is 13.1. The van der Waals surface area contributed by atoms with Gasteiger partial charge in [0.15, 0.2) is 10.4 Å². The summed E-state index contributed by atoms with van der Waals surface area (Å²) in [6.07, 6.45) is 3.55. The highest BCUT2D eigenvalue weighted by atomic mass is 28.4. The molecule has 7 nitrogen and oxygen atoms in total. The van der Waals surface area contributed by atoms with E-state index >= 15 is 0 Å². The third-order valence-corrected chi connectivity index (χ3v) is 4.86. The maximum atomic E-state index is 9.76. The van der Waals surface area contributed by atoms with Crippen LogP contribution in [0.2, 0.25) is 6.04 Å². The highest BCUT2D eigenvalue weighted by Gasteiger charge is 2.36. The Hall–Kier alpha value is -0.926. The lowest BCUT2D eigenvalue weighted by Crippen LogP contribution is -2.42. The van der Waals surface area contributed by atoms with E-state index in [0.29, 0.717) is 29.4 Å². The SMILES string of the molecule is CO[Si](CCCN=C=O)(OC)OC.O=C=N[SiH3]. The smallest absolute Gasteiger partial charge is 0.377 e. The summed E-state index contributed by atoms with van der Waals surface area (Å²) in [5.74, 6) is 0. The van der Waals surface area contributed by atoms with Gasteiger partial charge in [0.05, 0.1) is 6.54 Å². The van der Waals surface area contributed by atoms with Crippen LogP contribution in [0.1, 0.15) is 6.42 Å². The fraction of sp³-hybridized carbons (Fsp3) is 0.750. The van der Waals surface area contributed by atoms with E-state index in [4.69, 9.17) is 18.1 Å². The van der Waals surface area contributed by atoms with E-state index in [2.05, 4.69) is 9.65 Å². The van der Waals surface area contributed by atoms with Gasteiger partial charge in [0.25, 0.3) is 0 Å². The summed E-state index contributed by atoms with van der Waals surface area (Å²) in [6, 6.07) is 0.654. The fourth-order valence-corrected chi connectivity index (χ4v) is 2.68. The molecule has 9 heteroatoms. The van der Waals surface area contributed by atoms with Gasteiger partial charge >= 0.3 is 8.80 Å². The predicted molar refractivity (Wildman–Crippen MR) is 67.3 cm³/mol. The quantitative estimate of drug-likeness (QED) is 0.263. The van der Waals surface area contributed by atoms with Crippen LogP contribution in [0.3, 0.4) is 0 Å². The second-order valence-corrected chi connectivity index (χ2v) is 6.22. The molecule has 0 unspecified atom stereocenters. The molecule has 0 fully saturated rings. The van der Waals surface area contributed by atoms with Crippen LogP contribution < -0.4 is 0 Å². The summed E-state index contributed by atoms with van der Waals surface area (Å²) in [7, 11) is 2.81. The van der Waals surface area contributed by atoms with Crippen molar-refractivity contribution in [1.29, 1.82) is 0 Å². The van der Waals surface area contributed by atoms with E-state index in [1.165, 1.54) is 12.2 Å². The zero-order valence-electron chi connectivity index (χ0n) is 10.6. The van der Waals surface area contributed by atoms with Crippen molar-refractivity contribution in [2.75, 3.05) is 27.9 Å². The summed E-state index contributed by atoms with van der Waals surface area (Å²) in [5.41, 5.74) is 0. The minimum absolute atomic E-state index is 0.439. The Morgan fingerprint density at radius 1 is 1.12 bits per heavy atom. The average molecular weight is 278 g/mol. The van der Waals surface area contributed by atoms with Crippen molar-refractivity contribution in [2.24, 2.45) is 9.65 Å². The zero-order valence-corrected chi connectivity index (χ0v) is 13.6. The molecule has 0 aliphatic heterocycles. The monoisotopic (exact) mass is 278 g/mol. The van der Waals surface area contributed by atoms with Gasteiger partial charge in [0.1, 0.15) is 0 Å². The number of aliphatic imine (C=N–C) groups is 1. The van der Waals surface area contributed by atoms with Crippen LogP contribution in [0, 0.1) is 0 Å². The van der Waals surface area contributed by atoms with E-state index in [1.54, 1.807) is 21.3 Å². The van der Waals surface area contributed by atoms with Crippen LogP contribution in [0.5, 0.6) is 0 Å². The van der Waals surface area contributed by atoms with Crippen molar-refractivity contribution in [1.82, 2.24) is 0 Å². The molecule has 0 aromatic heterocycles. The first-order valence-electron chi connectivity index (χ1n) is 4.81. The van der Waals surface area contributed by atoms with Gasteiger partial charge in [-0.3, -0.25) is 4.66 Å². The Balaban J connectivity index is 0. The molecule has 0 spiro atoms. The third-order valence-electron chi connectivity index (χ3n) is 1.84. The van der Waals surface area contributed by atoms with Crippen molar-refractivity contribution in [3.63, 3.8) is 0 Å². The van der Waals surface area contributed by atoms with Gasteiger partial charge in [-0.1, -0.05) is 0 Å². The van der Waals surface area contributed by atoms with Gasteiger partial charge in [-0.15, -0.1) is 0 Å². The molecule has 0 aromatic carbocycles. The minimum atomic E-state index is -2.46. The molecular formula is C8H18N2O5Si2. The molecule has 0 aliphatic rings. The molecule has 0 radical (unpaired) electrons. The van der Waals surface area contributed by atoms with Crippen LogP contribution >= 0.6 is 0 Å². The van der Waals surface area contributed by atoms with Crippen molar-refractivity contribution >= 4 is 31.4 Å². The Morgan fingerprint density at radius 2 is 1.59 bits per heavy atom. The summed E-state index contributed by atoms with van der Waals surface area (Å²) in [6.45, 7) is 0.439. The maximum Gasteiger partial charge on any atom is 0.500 e. The molecule has 17 heavy (non-hydrogen) atoms. The zero-order chi connectivity index (χ0) is 13.6. The van der Waals surface area contributed by atoms with Gasteiger partial charge in [-0.2, -0.15) is 0 Å². The Labute approximate surface area is 105 Å². The van der Waals surface area contributed by atoms with E-state index in [1.807, 2.05) is 0 Å². The Kier molecular flexibility index (Phi) is 14.3. The predicted octanol–water partition coefficient (Wildman–Crippen LogP) is -0.807. The molecule has 0 amide bonds. The molecular weight excluding hydrogens is 260 g/mol. The normalized spacial score (nSPS) is 9.59. The van der Waals surface area contributed by atoms with Crippen LogP contribution in [0.25, 0.3) is 0 Å². The third kappa shape index (κ3) is 9.97. The average Bonchev–Trinajstić information content (AvgIpc) is 2.40. The van der Waals surface area contributed by atoms with Crippen molar-refractivity contribution < 1.29 is 22.9 Å². The number of carbonyl (C=O) groups excluding carboxylic acids is 2. The minimum Gasteiger partial charge on any atom is -0.377 e. The molecule has 0 aliphatic carbocycles. The van der Waals surface area contributed by atoms with Crippen molar-refractivity contribution in [3.05, 3.63) is 0 Å². The topological polar surface area (TPSA) is 86.5 Å². The largest absolute Gasteiger partial charge is 0.500 e. The van der Waals surface area contributed by atoms with Crippen LogP contribution in [0.4, 0.5) is 0 Å². The molecule has 0 rings (SSSR count). The highest BCUT2D eigenvalue weighted by Crippen LogP contribution is 2.14. The summed E-state index contributed by atoms with van der Waals surface area (Å²) in [5, 5.41) is 0. The van der Waals surface area contributed by atoms with Crippen molar-refractivity contribution in [3.8, 4) is 0 Å². The molecule has 0 bridgehead atoms. The number of isocyanates is 2. The van der Waals surface area contributed by atoms with E-state index in [9.17, 15) is 4.79 Å². The molecule has 0 heterocycles. The molecule has 0 atom stereocenters. The standard InChI is InChI=1S/C7H15NO4Si.CH3NOSi/c1-10-13(11-2,12-3)6-4-5-8-7-9;3-1-2-4/h4-6H2,1-3H3;4H3. The molecule has 0 saturated heterocycles. The number of hydrogen-bond donors (Lipinski definition) is 0. The van der Waals surface area contributed by atoms with Crippen LogP contribution in [-0.4, -0.2) is 59.2 Å². The fourth-order valence-electron chi connectivity index (χ4n) is 0.976. The van der Waals surface area contributed by atoms with Gasteiger partial charge in [0.2, 0.25) is 12.2 Å². The molecule has 0 saturated carbocycles.